The molecule has 92 valence electrons. The van der Waals surface area contributed by atoms with Crippen LogP contribution in [-0.4, -0.2) is 24.0 Å². The molecule has 1 saturated carbocycles. The number of amides is 1. The molecule has 2 N–H and O–H groups in total. The third-order valence-electron chi connectivity index (χ3n) is 3.04. The molecule has 1 atom stereocenters. The summed E-state index contributed by atoms with van der Waals surface area (Å²) in [6.07, 6.45) is 6.10. The average molecular weight is 233 g/mol. The van der Waals surface area contributed by atoms with Crippen molar-refractivity contribution in [2.75, 3.05) is 13.1 Å². The lowest BCUT2D eigenvalue weighted by atomic mass is 10.1. The maximum atomic E-state index is 11.5. The van der Waals surface area contributed by atoms with E-state index in [1.807, 2.05) is 25.3 Å². The smallest absolute Gasteiger partial charge is 0.233 e. The van der Waals surface area contributed by atoms with Gasteiger partial charge in [0.15, 0.2) is 0 Å². The van der Waals surface area contributed by atoms with Crippen LogP contribution >= 0.6 is 0 Å². The number of hydrogen-bond donors (Lipinski definition) is 2. The summed E-state index contributed by atoms with van der Waals surface area (Å²) in [7, 11) is 0. The molecule has 1 aliphatic carbocycles. The predicted molar refractivity (Wildman–Crippen MR) is 66.4 cm³/mol. The highest BCUT2D eigenvalue weighted by Crippen LogP contribution is 2.27. The first-order valence-corrected chi connectivity index (χ1v) is 6.15. The van der Waals surface area contributed by atoms with E-state index in [0.29, 0.717) is 6.54 Å². The molecule has 1 aromatic heterocycles. The Bertz CT molecular complexity index is 362. The van der Waals surface area contributed by atoms with E-state index in [4.69, 9.17) is 0 Å². The Morgan fingerprint density at radius 3 is 3.06 bits per heavy atom. The van der Waals surface area contributed by atoms with Crippen LogP contribution in [-0.2, 0) is 4.79 Å². The molecule has 4 heteroatoms. The largest absolute Gasteiger partial charge is 0.355 e. The lowest BCUT2D eigenvalue weighted by Crippen LogP contribution is -2.36. The molecule has 17 heavy (non-hydrogen) atoms. The van der Waals surface area contributed by atoms with Crippen molar-refractivity contribution in [2.24, 2.45) is 5.92 Å². The summed E-state index contributed by atoms with van der Waals surface area (Å²) < 4.78 is 0. The molecular weight excluding hydrogens is 214 g/mol. The van der Waals surface area contributed by atoms with Crippen LogP contribution in [0.4, 0.5) is 0 Å². The van der Waals surface area contributed by atoms with E-state index >= 15 is 0 Å². The minimum Gasteiger partial charge on any atom is -0.355 e. The van der Waals surface area contributed by atoms with Crippen LogP contribution in [0, 0.1) is 5.92 Å². The van der Waals surface area contributed by atoms with E-state index in [9.17, 15) is 4.79 Å². The molecule has 0 radical (unpaired) electrons. The zero-order valence-corrected chi connectivity index (χ0v) is 10.1. The molecule has 2 rings (SSSR count). The van der Waals surface area contributed by atoms with Crippen molar-refractivity contribution in [3.63, 3.8) is 0 Å². The number of carbonyl (C=O) groups excluding carboxylic acids is 1. The summed E-state index contributed by atoms with van der Waals surface area (Å²) in [5, 5.41) is 6.13. The van der Waals surface area contributed by atoms with Gasteiger partial charge >= 0.3 is 0 Å². The van der Waals surface area contributed by atoms with Gasteiger partial charge in [0, 0.05) is 25.0 Å². The van der Waals surface area contributed by atoms with Crippen LogP contribution in [0.5, 0.6) is 0 Å². The molecule has 1 fully saturated rings. The Kier molecular flexibility index (Phi) is 4.09. The molecule has 0 aliphatic heterocycles. The Balaban J connectivity index is 1.68. The van der Waals surface area contributed by atoms with Gasteiger partial charge in [0.2, 0.25) is 5.91 Å². The maximum absolute atomic E-state index is 11.5. The number of aromatic nitrogens is 1. The number of hydrogen-bond acceptors (Lipinski definition) is 3. The number of nitrogens with one attached hydrogen (secondary N) is 2. The van der Waals surface area contributed by atoms with Gasteiger partial charge in [-0.05, 0) is 37.3 Å². The van der Waals surface area contributed by atoms with Gasteiger partial charge in [0.05, 0.1) is 6.54 Å². The van der Waals surface area contributed by atoms with Gasteiger partial charge in [0.25, 0.3) is 0 Å². The minimum atomic E-state index is 0.0765. The van der Waals surface area contributed by atoms with Gasteiger partial charge < -0.3 is 10.6 Å². The van der Waals surface area contributed by atoms with Crippen molar-refractivity contribution in [3.8, 4) is 0 Å². The molecule has 1 unspecified atom stereocenters. The summed E-state index contributed by atoms with van der Waals surface area (Å²) in [6.45, 7) is 3.23. The summed E-state index contributed by atoms with van der Waals surface area (Å²) in [6, 6.07) is 4.06. The van der Waals surface area contributed by atoms with Crippen LogP contribution in [0.15, 0.2) is 24.5 Å². The van der Waals surface area contributed by atoms with Gasteiger partial charge in [-0.1, -0.05) is 6.07 Å². The second-order valence-corrected chi connectivity index (χ2v) is 4.64. The van der Waals surface area contributed by atoms with Crippen LogP contribution in [0.2, 0.25) is 0 Å². The Morgan fingerprint density at radius 2 is 2.41 bits per heavy atom. The minimum absolute atomic E-state index is 0.0765. The number of rotatable bonds is 6. The predicted octanol–water partition coefficient (Wildman–Crippen LogP) is 1.26. The first kappa shape index (κ1) is 12.0. The highest BCUT2D eigenvalue weighted by Gasteiger charge is 2.21. The first-order chi connectivity index (χ1) is 8.25. The summed E-state index contributed by atoms with van der Waals surface area (Å²) in [4.78, 5) is 15.6. The van der Waals surface area contributed by atoms with Crippen molar-refractivity contribution in [3.05, 3.63) is 30.1 Å². The van der Waals surface area contributed by atoms with Crippen LogP contribution < -0.4 is 10.6 Å². The van der Waals surface area contributed by atoms with Crippen LogP contribution in [0.1, 0.15) is 31.4 Å². The zero-order valence-electron chi connectivity index (χ0n) is 10.1. The normalized spacial score (nSPS) is 16.5. The van der Waals surface area contributed by atoms with Gasteiger partial charge in [-0.3, -0.25) is 9.78 Å². The van der Waals surface area contributed by atoms with Gasteiger partial charge in [-0.15, -0.1) is 0 Å². The second kappa shape index (κ2) is 5.77. The molecule has 0 bridgehead atoms. The Morgan fingerprint density at radius 1 is 1.59 bits per heavy atom. The summed E-state index contributed by atoms with van der Waals surface area (Å²) in [5.41, 5.74) is 1.10. The van der Waals surface area contributed by atoms with Crippen LogP contribution in [0.3, 0.4) is 0 Å². The fraction of sp³-hybridized carbons (Fsp3) is 0.538. The molecule has 0 aromatic carbocycles. The SMILES string of the molecule is CC(NCC(=O)NCC1CC1)c1cccnc1. The van der Waals surface area contributed by atoms with Gasteiger partial charge in [-0.2, -0.15) is 0 Å². The van der Waals surface area contributed by atoms with E-state index in [1.165, 1.54) is 12.8 Å². The van der Waals surface area contributed by atoms with Crippen molar-refractivity contribution >= 4 is 5.91 Å². The Labute approximate surface area is 102 Å². The molecule has 1 aromatic rings. The first-order valence-electron chi connectivity index (χ1n) is 6.15. The molecule has 1 heterocycles. The standard InChI is InChI=1S/C13H19N3O/c1-10(12-3-2-6-14-8-12)15-9-13(17)16-7-11-4-5-11/h2-3,6,8,10-11,15H,4-5,7,9H2,1H3,(H,16,17). The van der Waals surface area contributed by atoms with Gasteiger partial charge in [-0.25, -0.2) is 0 Å². The fourth-order valence-corrected chi connectivity index (χ4v) is 1.64. The number of carbonyl (C=O) groups is 1. The lowest BCUT2D eigenvalue weighted by Gasteiger charge is -2.13. The molecule has 1 amide bonds. The molecule has 0 saturated heterocycles. The number of pyridine rings is 1. The Hall–Kier alpha value is -1.42. The fourth-order valence-electron chi connectivity index (χ4n) is 1.64. The molecule has 4 nitrogen and oxygen atoms in total. The van der Waals surface area contributed by atoms with Gasteiger partial charge in [0.1, 0.15) is 0 Å². The third kappa shape index (κ3) is 4.15. The maximum Gasteiger partial charge on any atom is 0.233 e. The van der Waals surface area contributed by atoms with E-state index in [1.54, 1.807) is 6.20 Å². The highest BCUT2D eigenvalue weighted by molar-refractivity contribution is 5.78. The van der Waals surface area contributed by atoms with E-state index in [-0.39, 0.29) is 11.9 Å². The zero-order chi connectivity index (χ0) is 12.1. The van der Waals surface area contributed by atoms with Crippen LogP contribution in [0.25, 0.3) is 0 Å². The highest BCUT2D eigenvalue weighted by atomic mass is 16.1. The lowest BCUT2D eigenvalue weighted by molar-refractivity contribution is -0.120. The van der Waals surface area contributed by atoms with E-state index < -0.39 is 0 Å². The van der Waals surface area contributed by atoms with Crippen molar-refractivity contribution in [1.29, 1.82) is 0 Å². The molecular formula is C13H19N3O. The molecule has 0 spiro atoms. The van der Waals surface area contributed by atoms with Crippen molar-refractivity contribution in [1.82, 2.24) is 15.6 Å². The molecule has 1 aliphatic rings. The third-order valence-corrected chi connectivity index (χ3v) is 3.04. The van der Waals surface area contributed by atoms with E-state index in [0.717, 1.165) is 18.0 Å². The average Bonchev–Trinajstić information content (AvgIpc) is 3.18. The van der Waals surface area contributed by atoms with Crippen molar-refractivity contribution < 1.29 is 4.79 Å². The number of nitrogens with zero attached hydrogens (tertiary/aromatic N) is 1. The van der Waals surface area contributed by atoms with Crippen molar-refractivity contribution in [2.45, 2.75) is 25.8 Å². The topological polar surface area (TPSA) is 54.0 Å². The summed E-state index contributed by atoms with van der Waals surface area (Å²) in [5.74, 6) is 0.808. The monoisotopic (exact) mass is 233 g/mol. The van der Waals surface area contributed by atoms with E-state index in [2.05, 4.69) is 15.6 Å². The quantitative estimate of drug-likeness (QED) is 0.777. The second-order valence-electron chi connectivity index (χ2n) is 4.64. The summed E-state index contributed by atoms with van der Waals surface area (Å²) >= 11 is 0.